The predicted octanol–water partition coefficient (Wildman–Crippen LogP) is 19.1. The number of phenolic OH excluding ortho intramolecular Hbond substituents is 1. The number of Topliss-reactive ketones (excluding diaryl/α,β-unsaturated/α-hetero) is 1. The third-order valence-electron chi connectivity index (χ3n) is 15.8. The van der Waals surface area contributed by atoms with Crippen LogP contribution in [0.2, 0.25) is 0 Å². The molecular weight excluding hydrogens is 1170 g/mol. The number of ether oxygens (including phenoxy) is 2. The first-order valence-corrected chi connectivity index (χ1v) is 30.7. The first-order chi connectivity index (χ1) is 45.2. The van der Waals surface area contributed by atoms with Crippen LogP contribution in [0.4, 0.5) is 0 Å². The summed E-state index contributed by atoms with van der Waals surface area (Å²) in [6, 6.07) is 58.8. The van der Waals surface area contributed by atoms with Crippen molar-refractivity contribution in [3.05, 3.63) is 275 Å². The highest BCUT2D eigenvalue weighted by molar-refractivity contribution is 5.76. The molecule has 0 saturated carbocycles. The molecule has 0 amide bonds. The van der Waals surface area contributed by atoms with E-state index in [9.17, 15) is 14.7 Å². The van der Waals surface area contributed by atoms with Crippen molar-refractivity contribution >= 4 is 11.8 Å². The third-order valence-corrected chi connectivity index (χ3v) is 15.8. The van der Waals surface area contributed by atoms with E-state index in [0.717, 1.165) is 147 Å². The van der Waals surface area contributed by atoms with Crippen molar-refractivity contribution in [1.29, 1.82) is 0 Å². The normalized spacial score (nSPS) is 11.4. The fourth-order valence-electron chi connectivity index (χ4n) is 10.4. The van der Waals surface area contributed by atoms with Crippen molar-refractivity contribution in [3.63, 3.8) is 0 Å². The van der Waals surface area contributed by atoms with E-state index in [2.05, 4.69) is 21.5 Å². The summed E-state index contributed by atoms with van der Waals surface area (Å²) in [6.07, 6.45) is 12.8. The van der Waals surface area contributed by atoms with Crippen molar-refractivity contribution in [2.24, 2.45) is 0 Å². The number of aryl methyl sites for hydroxylation is 3. The molecule has 6 aromatic heterocycles. The van der Waals surface area contributed by atoms with E-state index in [1.807, 2.05) is 217 Å². The van der Waals surface area contributed by atoms with E-state index in [1.54, 1.807) is 31.8 Å². The van der Waals surface area contributed by atoms with Gasteiger partial charge >= 0.3 is 5.97 Å². The van der Waals surface area contributed by atoms with Crippen LogP contribution >= 0.6 is 0 Å². The maximum absolute atomic E-state index is 11.2. The number of allylic oxidation sites excluding steroid dienone is 2. The van der Waals surface area contributed by atoms with Crippen LogP contribution in [-0.2, 0) is 28.9 Å². The Morgan fingerprint density at radius 2 is 0.742 bits per heavy atom. The Bertz CT molecular complexity index is 4210. The molecule has 472 valence electrons. The molecule has 0 aliphatic carbocycles. The van der Waals surface area contributed by atoms with Gasteiger partial charge in [-0.05, 0) is 138 Å². The lowest BCUT2D eigenvalue weighted by Crippen LogP contribution is -2.01. The fraction of sp³-hybridized carbons (Fsp3) is 0.192. The molecule has 6 aromatic carbocycles. The topological polar surface area (TPSA) is 211 Å². The average Bonchev–Trinajstić information content (AvgIpc) is 1.83. The first kappa shape index (κ1) is 64.8. The SMILES string of the molecule is C/C(=C\COc1ccccc1Cc1c(C)noc1-c1ccc(-c2ccco2)cc1)CCC(=O)O.CC(=O)CC/C(C)=C/COc1ccccc1Cc1c(C)noc1-c1ccc(-c2ccco2)cc1.Cc1noc(-c2ccc(-c3ccco3)cc2)c1Cc1ccccc1O. The Hall–Kier alpha value is -11.2. The molecule has 0 bridgehead atoms. The Morgan fingerprint density at radius 1 is 0.409 bits per heavy atom. The summed E-state index contributed by atoms with van der Waals surface area (Å²) >= 11 is 0. The van der Waals surface area contributed by atoms with Crippen molar-refractivity contribution in [2.45, 2.75) is 86.5 Å². The van der Waals surface area contributed by atoms with Gasteiger partial charge in [-0.1, -0.05) is 154 Å². The zero-order valence-corrected chi connectivity index (χ0v) is 52.9. The van der Waals surface area contributed by atoms with Gasteiger partial charge in [0, 0.05) is 82.2 Å². The lowest BCUT2D eigenvalue weighted by molar-refractivity contribution is -0.137. The summed E-state index contributed by atoms with van der Waals surface area (Å²) in [5.41, 5.74) is 16.5. The molecule has 2 N–H and O–H groups in total. The minimum Gasteiger partial charge on any atom is -0.508 e. The predicted molar refractivity (Wildman–Crippen MR) is 358 cm³/mol. The summed E-state index contributed by atoms with van der Waals surface area (Å²) in [7, 11) is 0. The Kier molecular flexibility index (Phi) is 22.0. The maximum atomic E-state index is 11.2. The van der Waals surface area contributed by atoms with Gasteiger partial charge in [0.1, 0.15) is 53.5 Å². The monoisotopic (exact) mass is 1240 g/mol. The van der Waals surface area contributed by atoms with Crippen molar-refractivity contribution < 1.29 is 56.1 Å². The molecule has 0 saturated heterocycles. The van der Waals surface area contributed by atoms with Crippen LogP contribution in [0.5, 0.6) is 17.2 Å². The van der Waals surface area contributed by atoms with E-state index in [-0.39, 0.29) is 18.0 Å². The number of aromatic nitrogens is 3. The molecule has 0 unspecified atom stereocenters. The van der Waals surface area contributed by atoms with E-state index >= 15 is 0 Å². The highest BCUT2D eigenvalue weighted by atomic mass is 16.5. The van der Waals surface area contributed by atoms with Crippen LogP contribution in [0.3, 0.4) is 0 Å². The van der Waals surface area contributed by atoms with Crippen molar-refractivity contribution in [2.75, 3.05) is 13.2 Å². The molecule has 15 nitrogen and oxygen atoms in total. The van der Waals surface area contributed by atoms with Gasteiger partial charge in [-0.25, -0.2) is 0 Å². The molecule has 0 spiro atoms. The minimum atomic E-state index is -0.797. The smallest absolute Gasteiger partial charge is 0.303 e. The van der Waals surface area contributed by atoms with Crippen LogP contribution in [0.25, 0.3) is 67.9 Å². The van der Waals surface area contributed by atoms with Gasteiger partial charge in [0.2, 0.25) is 0 Å². The van der Waals surface area contributed by atoms with E-state index in [4.69, 9.17) is 41.4 Å². The third kappa shape index (κ3) is 17.4. The molecule has 0 fully saturated rings. The number of benzene rings is 6. The molecule has 12 rings (SSSR count). The number of furan rings is 3. The van der Waals surface area contributed by atoms with Crippen LogP contribution < -0.4 is 9.47 Å². The zero-order chi connectivity index (χ0) is 65.1. The number of carboxylic acid groups (broad SMARTS) is 1. The molecule has 15 heteroatoms. The number of rotatable bonds is 24. The average molecular weight is 1240 g/mol. The van der Waals surface area contributed by atoms with Gasteiger partial charge in [0.15, 0.2) is 17.3 Å². The standard InChI is InChI=1S/C29H29NO4.C28H27NO5.C21H17NO3/c1-20(10-11-21(2)31)16-18-33-28-8-5-4-7-25(28)19-26-22(3)30-34-29(26)24-14-12-23(13-15-24)27-9-6-17-32-27;1-19(9-14-27(30)31)15-17-33-26-7-4-3-6-23(26)18-24-20(2)29-34-28(24)22-12-10-21(11-13-22)25-8-5-16-32-25;1-14-18(13-17-5-2-3-6-19(17)23)21(25-22-14)16-10-8-15(9-11-16)20-7-4-12-24-20/h4-9,12-17H,10-11,18-19H2,1-3H3;3-8,10-13,15-16H,9,14,17-18H2,1-2H3,(H,30,31);2-12,23H,13H2,1H3/b20-16+;19-15+;. The van der Waals surface area contributed by atoms with Crippen LogP contribution in [-0.4, -0.2) is 50.6 Å². The lowest BCUT2D eigenvalue weighted by atomic mass is 9.98. The highest BCUT2D eigenvalue weighted by Gasteiger charge is 2.21. The number of carboxylic acids is 1. The molecule has 0 aliphatic rings. The number of aromatic hydroxyl groups is 1. The highest BCUT2D eigenvalue weighted by Crippen LogP contribution is 2.36. The molecule has 0 atom stereocenters. The number of hydrogen-bond acceptors (Lipinski definition) is 14. The van der Waals surface area contributed by atoms with Gasteiger partial charge in [-0.3, -0.25) is 4.79 Å². The first-order valence-electron chi connectivity index (χ1n) is 30.7. The zero-order valence-electron chi connectivity index (χ0n) is 52.9. The number of phenols is 1. The largest absolute Gasteiger partial charge is 0.508 e. The summed E-state index contributed by atoms with van der Waals surface area (Å²) in [5, 5.41) is 31.5. The van der Waals surface area contributed by atoms with Crippen LogP contribution in [0.1, 0.15) is 96.9 Å². The molecule has 0 radical (unpaired) electrons. The molecular formula is C78H73N3O12. The van der Waals surface area contributed by atoms with Crippen LogP contribution in [0, 0.1) is 20.8 Å². The quantitative estimate of drug-likeness (QED) is 0.0539. The Labute approximate surface area is 540 Å². The number of carbonyl (C=O) groups is 2. The second-order valence-electron chi connectivity index (χ2n) is 22.6. The van der Waals surface area contributed by atoms with Gasteiger partial charge in [-0.2, -0.15) is 0 Å². The Morgan fingerprint density at radius 3 is 1.09 bits per heavy atom. The van der Waals surface area contributed by atoms with E-state index < -0.39 is 5.97 Å². The molecule has 93 heavy (non-hydrogen) atoms. The molecule has 12 aromatic rings. The second-order valence-corrected chi connectivity index (χ2v) is 22.6. The second kappa shape index (κ2) is 31.5. The van der Waals surface area contributed by atoms with Gasteiger partial charge in [-0.15, -0.1) is 0 Å². The van der Waals surface area contributed by atoms with Crippen LogP contribution in [0.15, 0.2) is 251 Å². The fourth-order valence-corrected chi connectivity index (χ4v) is 10.4. The molecule has 0 aliphatic heterocycles. The van der Waals surface area contributed by atoms with Gasteiger partial charge in [0.25, 0.3) is 0 Å². The number of para-hydroxylation sites is 3. The summed E-state index contributed by atoms with van der Waals surface area (Å²) in [6.45, 7) is 12.2. The number of carbonyl (C=O) groups excluding carboxylic acids is 1. The van der Waals surface area contributed by atoms with Crippen molar-refractivity contribution in [3.8, 4) is 85.2 Å². The summed E-state index contributed by atoms with van der Waals surface area (Å²) < 4.78 is 45.5. The number of hydrogen-bond donors (Lipinski definition) is 2. The van der Waals surface area contributed by atoms with Gasteiger partial charge < -0.3 is 51.3 Å². The van der Waals surface area contributed by atoms with E-state index in [0.29, 0.717) is 45.3 Å². The lowest BCUT2D eigenvalue weighted by Gasteiger charge is -2.11. The minimum absolute atomic E-state index is 0.122. The Balaban J connectivity index is 0.000000154. The number of aliphatic carboxylic acids is 1. The summed E-state index contributed by atoms with van der Waals surface area (Å²) in [5.74, 6) is 6.01. The summed E-state index contributed by atoms with van der Waals surface area (Å²) in [4.78, 5) is 21.9. The maximum Gasteiger partial charge on any atom is 0.303 e. The molecule has 6 heterocycles. The number of nitrogens with zero attached hydrogens (tertiary/aromatic N) is 3. The number of ketones is 1. The van der Waals surface area contributed by atoms with Gasteiger partial charge in [0.05, 0.1) is 35.9 Å². The van der Waals surface area contributed by atoms with Crippen molar-refractivity contribution in [1.82, 2.24) is 15.5 Å². The van der Waals surface area contributed by atoms with E-state index in [1.165, 1.54) is 0 Å².